The summed E-state index contributed by atoms with van der Waals surface area (Å²) in [5, 5.41) is 2.77. The predicted octanol–water partition coefficient (Wildman–Crippen LogP) is 4.95. The molecular formula is C32H43FN4O6. The van der Waals surface area contributed by atoms with Crippen molar-refractivity contribution in [3.8, 4) is 11.6 Å². The Morgan fingerprint density at radius 1 is 1.02 bits per heavy atom. The number of alkyl halides is 1. The van der Waals surface area contributed by atoms with Gasteiger partial charge in [-0.3, -0.25) is 9.59 Å². The van der Waals surface area contributed by atoms with Crippen LogP contribution in [0.5, 0.6) is 11.6 Å². The minimum Gasteiger partial charge on any atom is -0.497 e. The summed E-state index contributed by atoms with van der Waals surface area (Å²) in [6, 6.07) is 2.97. The average molecular weight is 599 g/mol. The highest BCUT2D eigenvalue weighted by atomic mass is 19.1. The first kappa shape index (κ1) is 30.9. The molecule has 5 rings (SSSR count). The number of alkyl carbamates (subject to hydrolysis) is 1. The second-order valence-electron chi connectivity index (χ2n) is 13.2. The van der Waals surface area contributed by atoms with E-state index >= 15 is 4.39 Å². The average Bonchev–Trinajstić information content (AvgIpc) is 3.53. The van der Waals surface area contributed by atoms with E-state index in [-0.39, 0.29) is 24.4 Å². The molecule has 1 aromatic heterocycles. The summed E-state index contributed by atoms with van der Waals surface area (Å²) < 4.78 is 33.5. The summed E-state index contributed by atoms with van der Waals surface area (Å²) in [7, 11) is 1.56. The van der Waals surface area contributed by atoms with Crippen molar-refractivity contribution in [3.05, 3.63) is 23.9 Å². The summed E-state index contributed by atoms with van der Waals surface area (Å²) in [6.45, 7) is 6.51. The number of methoxy groups -OCH3 is 1. The fourth-order valence-electron chi connectivity index (χ4n) is 6.61. The lowest BCUT2D eigenvalue weighted by molar-refractivity contribution is -0.141. The van der Waals surface area contributed by atoms with Crippen LogP contribution in [0.1, 0.15) is 78.3 Å². The normalized spacial score (nSPS) is 29.0. The number of hydrogen-bond donors (Lipinski definition) is 1. The molecule has 1 aromatic carbocycles. The summed E-state index contributed by atoms with van der Waals surface area (Å²) in [4.78, 5) is 50.6. The summed E-state index contributed by atoms with van der Waals surface area (Å²) in [5.41, 5.74) is 1.07. The molecule has 2 aromatic rings. The van der Waals surface area contributed by atoms with Crippen molar-refractivity contribution < 1.29 is 33.0 Å². The molecule has 6 atom stereocenters. The number of amides is 2. The fraction of sp³-hybridized carbons (Fsp3) is 0.656. The minimum absolute atomic E-state index is 0.185. The zero-order chi connectivity index (χ0) is 30.9. The minimum atomic E-state index is -1.80. The molecule has 43 heavy (non-hydrogen) atoms. The fourth-order valence-corrected chi connectivity index (χ4v) is 6.61. The lowest BCUT2D eigenvalue weighted by atomic mass is 9.85. The maximum Gasteiger partial charge on any atom is 0.408 e. The Labute approximate surface area is 252 Å². The van der Waals surface area contributed by atoms with Gasteiger partial charge < -0.3 is 24.4 Å². The summed E-state index contributed by atoms with van der Waals surface area (Å²) in [6.07, 6.45) is 3.16. The monoisotopic (exact) mass is 598 g/mol. The zero-order valence-electron chi connectivity index (χ0n) is 25.7. The van der Waals surface area contributed by atoms with Gasteiger partial charge in [0.05, 0.1) is 24.7 Å². The van der Waals surface area contributed by atoms with Crippen LogP contribution in [0.4, 0.5) is 9.18 Å². The van der Waals surface area contributed by atoms with Gasteiger partial charge in [0.1, 0.15) is 29.6 Å². The van der Waals surface area contributed by atoms with E-state index in [0.29, 0.717) is 28.9 Å². The standard InChI is InChI=1S/C32H43FN4O6/c1-18(38)27-26(33)25-17-37(27)30(39)28(32(2,3)4)36-31(40)43-24-13-9-11-19(24)10-7-6-8-12-22-29(42-25)35-23-16-20(41-5)14-15-21(23)34-22/h14-16,19,24-28H,6-13,17H2,1-5H3,(H,36,40)/t19-,24-,25+,26-,27-,28-/m1/s1. The molecule has 2 fully saturated rings. The van der Waals surface area contributed by atoms with Gasteiger partial charge in [0.25, 0.3) is 0 Å². The second kappa shape index (κ2) is 12.6. The lowest BCUT2D eigenvalue weighted by Crippen LogP contribution is -2.57. The van der Waals surface area contributed by atoms with Crippen LogP contribution in [0.25, 0.3) is 11.0 Å². The molecule has 0 radical (unpaired) electrons. The van der Waals surface area contributed by atoms with Crippen molar-refractivity contribution in [2.24, 2.45) is 11.3 Å². The number of ketones is 1. The van der Waals surface area contributed by atoms with Gasteiger partial charge in [0.15, 0.2) is 18.1 Å². The first-order valence-electron chi connectivity index (χ1n) is 15.4. The van der Waals surface area contributed by atoms with Gasteiger partial charge in [-0.15, -0.1) is 0 Å². The smallest absolute Gasteiger partial charge is 0.408 e. The number of carbonyl (C=O) groups is 3. The Morgan fingerprint density at radius 2 is 1.79 bits per heavy atom. The number of hydrogen-bond acceptors (Lipinski definition) is 8. The van der Waals surface area contributed by atoms with Crippen LogP contribution in [0.15, 0.2) is 18.2 Å². The maximum atomic E-state index is 16.0. The maximum absolute atomic E-state index is 16.0. The second-order valence-corrected chi connectivity index (χ2v) is 13.2. The number of fused-ring (bicyclic) bond motifs is 5. The van der Waals surface area contributed by atoms with Crippen LogP contribution in [0, 0.1) is 11.3 Å². The van der Waals surface area contributed by atoms with Crippen molar-refractivity contribution in [2.45, 2.75) is 110 Å². The third-order valence-electron chi connectivity index (χ3n) is 8.95. The SMILES string of the molecule is COc1ccc2nc3c(nc2c1)O[C@H]1CN(C(=O)[C@H](C(C)(C)C)NC(=O)O[C@@H]2CCC[C@H]2CCCCC3)[C@H](C(C)=O)[C@@H]1F. The highest BCUT2D eigenvalue weighted by Gasteiger charge is 2.51. The van der Waals surface area contributed by atoms with Crippen molar-refractivity contribution in [1.29, 1.82) is 0 Å². The van der Waals surface area contributed by atoms with Crippen molar-refractivity contribution in [3.63, 3.8) is 0 Å². The molecule has 0 spiro atoms. The Balaban J connectivity index is 1.52. The highest BCUT2D eigenvalue weighted by molar-refractivity contribution is 5.93. The number of halogens is 1. The number of benzene rings is 1. The van der Waals surface area contributed by atoms with E-state index in [1.54, 1.807) is 13.2 Å². The highest BCUT2D eigenvalue weighted by Crippen LogP contribution is 2.35. The van der Waals surface area contributed by atoms with Gasteiger partial charge >= 0.3 is 6.09 Å². The van der Waals surface area contributed by atoms with Gasteiger partial charge in [-0.05, 0) is 68.9 Å². The molecule has 11 heteroatoms. The number of nitrogens with zero attached hydrogens (tertiary/aromatic N) is 3. The number of ether oxygens (including phenoxy) is 3. The molecule has 1 N–H and O–H groups in total. The number of rotatable bonds is 2. The van der Waals surface area contributed by atoms with Gasteiger partial charge in [0, 0.05) is 6.07 Å². The van der Waals surface area contributed by atoms with E-state index in [9.17, 15) is 14.4 Å². The van der Waals surface area contributed by atoms with E-state index < -0.39 is 47.6 Å². The summed E-state index contributed by atoms with van der Waals surface area (Å²) >= 11 is 0. The first-order chi connectivity index (χ1) is 20.5. The molecule has 2 amide bonds. The van der Waals surface area contributed by atoms with Crippen LogP contribution in [0.3, 0.4) is 0 Å². The Kier molecular flexibility index (Phi) is 9.08. The molecule has 1 saturated carbocycles. The molecule has 234 valence electrons. The summed E-state index contributed by atoms with van der Waals surface area (Å²) in [5.74, 6) is -0.00920. The first-order valence-corrected chi connectivity index (χ1v) is 15.4. The van der Waals surface area contributed by atoms with E-state index in [2.05, 4.69) is 5.32 Å². The van der Waals surface area contributed by atoms with E-state index in [4.69, 9.17) is 24.2 Å². The Hall–Kier alpha value is -3.50. The van der Waals surface area contributed by atoms with Gasteiger partial charge in [-0.2, -0.15) is 0 Å². The number of Topliss-reactive ketones (excluding diaryl/α,β-unsaturated/α-hetero) is 1. The van der Waals surface area contributed by atoms with Gasteiger partial charge in [-0.1, -0.05) is 33.6 Å². The topological polar surface area (TPSA) is 120 Å². The molecule has 0 unspecified atom stereocenters. The quantitative estimate of drug-likeness (QED) is 0.516. The third kappa shape index (κ3) is 6.70. The molecule has 3 aliphatic rings. The Bertz CT molecular complexity index is 1360. The number of aromatic nitrogens is 2. The van der Waals surface area contributed by atoms with Gasteiger partial charge in [-0.25, -0.2) is 19.2 Å². The van der Waals surface area contributed by atoms with E-state index in [1.807, 2.05) is 32.9 Å². The van der Waals surface area contributed by atoms with Crippen LogP contribution in [-0.2, 0) is 20.7 Å². The van der Waals surface area contributed by atoms with Crippen molar-refractivity contribution in [1.82, 2.24) is 20.2 Å². The van der Waals surface area contributed by atoms with E-state index in [1.165, 1.54) is 11.8 Å². The zero-order valence-corrected chi connectivity index (χ0v) is 25.7. The van der Waals surface area contributed by atoms with Crippen molar-refractivity contribution >= 4 is 28.8 Å². The molecule has 2 aliphatic heterocycles. The molecule has 10 nitrogen and oxygen atoms in total. The van der Waals surface area contributed by atoms with E-state index in [0.717, 1.165) is 44.9 Å². The van der Waals surface area contributed by atoms with Crippen LogP contribution < -0.4 is 14.8 Å². The molecule has 3 heterocycles. The Morgan fingerprint density at radius 3 is 2.51 bits per heavy atom. The largest absolute Gasteiger partial charge is 0.497 e. The van der Waals surface area contributed by atoms with Gasteiger partial charge in [0.2, 0.25) is 11.8 Å². The van der Waals surface area contributed by atoms with Crippen LogP contribution >= 0.6 is 0 Å². The predicted molar refractivity (Wildman–Crippen MR) is 158 cm³/mol. The molecule has 2 bridgehead atoms. The molecule has 1 saturated heterocycles. The van der Waals surface area contributed by atoms with Crippen LogP contribution in [-0.4, -0.2) is 76.8 Å². The third-order valence-corrected chi connectivity index (χ3v) is 8.95. The number of aryl methyl sites for hydroxylation is 1. The van der Waals surface area contributed by atoms with Crippen molar-refractivity contribution in [2.75, 3.05) is 13.7 Å². The lowest BCUT2D eigenvalue weighted by Gasteiger charge is -2.35. The number of nitrogens with one attached hydrogen (secondary N) is 1. The molecule has 1 aliphatic carbocycles. The number of carbonyl (C=O) groups excluding carboxylic acids is 3. The van der Waals surface area contributed by atoms with Crippen LogP contribution in [0.2, 0.25) is 0 Å². The molecular weight excluding hydrogens is 555 g/mol.